The molecular weight excluding hydrogens is 350 g/mol. The predicted octanol–water partition coefficient (Wildman–Crippen LogP) is 2.84. The number of thioether (sulfide) groups is 1. The third kappa shape index (κ3) is 5.36. The SMILES string of the molecule is Cc1cnc(=O)[nH]c1SCC(=O)NC(C)c1ccc(OCC2CC2)cc1. The zero-order valence-corrected chi connectivity index (χ0v) is 15.8. The van der Waals surface area contributed by atoms with E-state index in [0.717, 1.165) is 29.4 Å². The Labute approximate surface area is 156 Å². The molecule has 1 aromatic carbocycles. The van der Waals surface area contributed by atoms with Crippen molar-refractivity contribution in [1.82, 2.24) is 15.3 Å². The number of benzene rings is 1. The number of aryl methyl sites for hydroxylation is 1. The van der Waals surface area contributed by atoms with Crippen LogP contribution in [0.25, 0.3) is 0 Å². The quantitative estimate of drug-likeness (QED) is 0.549. The summed E-state index contributed by atoms with van der Waals surface area (Å²) in [7, 11) is 0. The molecule has 1 atom stereocenters. The minimum absolute atomic E-state index is 0.0892. The molecule has 1 aliphatic carbocycles. The molecule has 1 aromatic heterocycles. The summed E-state index contributed by atoms with van der Waals surface area (Å²) in [6.45, 7) is 4.58. The molecule has 6 nitrogen and oxygen atoms in total. The number of carbonyl (C=O) groups is 1. The molecule has 1 unspecified atom stereocenters. The van der Waals surface area contributed by atoms with Crippen LogP contribution in [0.1, 0.15) is 36.9 Å². The summed E-state index contributed by atoms with van der Waals surface area (Å²) in [6, 6.07) is 7.74. The second-order valence-electron chi connectivity index (χ2n) is 6.60. The van der Waals surface area contributed by atoms with Crippen molar-refractivity contribution < 1.29 is 9.53 Å². The highest BCUT2D eigenvalue weighted by atomic mass is 32.2. The number of aromatic nitrogens is 2. The van der Waals surface area contributed by atoms with Gasteiger partial charge in [0, 0.05) is 6.20 Å². The Morgan fingerprint density at radius 3 is 2.81 bits per heavy atom. The van der Waals surface area contributed by atoms with Gasteiger partial charge < -0.3 is 15.0 Å². The number of amides is 1. The van der Waals surface area contributed by atoms with Crippen molar-refractivity contribution in [2.24, 2.45) is 5.92 Å². The van der Waals surface area contributed by atoms with Crippen LogP contribution in [0.2, 0.25) is 0 Å². The van der Waals surface area contributed by atoms with Crippen molar-refractivity contribution in [3.8, 4) is 5.75 Å². The van der Waals surface area contributed by atoms with Crippen LogP contribution in [0.5, 0.6) is 5.75 Å². The Hall–Kier alpha value is -2.28. The first-order valence-corrected chi connectivity index (χ1v) is 9.70. The van der Waals surface area contributed by atoms with Crippen molar-refractivity contribution >= 4 is 17.7 Å². The topological polar surface area (TPSA) is 84.1 Å². The highest BCUT2D eigenvalue weighted by molar-refractivity contribution is 7.99. The van der Waals surface area contributed by atoms with Gasteiger partial charge in [-0.05, 0) is 55.9 Å². The number of rotatable bonds is 8. The molecule has 2 N–H and O–H groups in total. The first-order valence-electron chi connectivity index (χ1n) is 8.72. The summed E-state index contributed by atoms with van der Waals surface area (Å²) >= 11 is 1.30. The van der Waals surface area contributed by atoms with Gasteiger partial charge in [0.15, 0.2) is 0 Å². The average Bonchev–Trinajstić information content (AvgIpc) is 3.45. The highest BCUT2D eigenvalue weighted by Gasteiger charge is 2.21. The molecule has 0 saturated heterocycles. The van der Waals surface area contributed by atoms with Crippen LogP contribution in [-0.2, 0) is 4.79 Å². The van der Waals surface area contributed by atoms with E-state index in [4.69, 9.17) is 4.74 Å². The highest BCUT2D eigenvalue weighted by Crippen LogP contribution is 2.29. The van der Waals surface area contributed by atoms with E-state index in [1.807, 2.05) is 38.1 Å². The maximum atomic E-state index is 12.2. The van der Waals surface area contributed by atoms with Crippen molar-refractivity contribution in [1.29, 1.82) is 0 Å². The van der Waals surface area contributed by atoms with Gasteiger partial charge in [-0.15, -0.1) is 0 Å². The molecule has 138 valence electrons. The largest absolute Gasteiger partial charge is 0.493 e. The number of carbonyl (C=O) groups excluding carboxylic acids is 1. The molecule has 0 radical (unpaired) electrons. The minimum Gasteiger partial charge on any atom is -0.493 e. The van der Waals surface area contributed by atoms with E-state index < -0.39 is 5.69 Å². The van der Waals surface area contributed by atoms with E-state index >= 15 is 0 Å². The molecule has 7 heteroatoms. The summed E-state index contributed by atoms with van der Waals surface area (Å²) in [4.78, 5) is 29.8. The molecule has 2 aromatic rings. The number of ether oxygens (including phenoxy) is 1. The molecule has 3 rings (SSSR count). The van der Waals surface area contributed by atoms with E-state index in [-0.39, 0.29) is 17.7 Å². The third-order valence-corrected chi connectivity index (χ3v) is 5.36. The zero-order valence-electron chi connectivity index (χ0n) is 15.0. The molecule has 1 aliphatic rings. The third-order valence-electron chi connectivity index (χ3n) is 4.24. The first-order chi connectivity index (χ1) is 12.5. The van der Waals surface area contributed by atoms with Crippen molar-refractivity contribution in [3.63, 3.8) is 0 Å². The lowest BCUT2D eigenvalue weighted by atomic mass is 10.1. The van der Waals surface area contributed by atoms with E-state index in [9.17, 15) is 9.59 Å². The Kier molecular flexibility index (Phi) is 5.98. The minimum atomic E-state index is -0.407. The molecule has 26 heavy (non-hydrogen) atoms. The maximum absolute atomic E-state index is 12.2. The van der Waals surface area contributed by atoms with Crippen molar-refractivity contribution in [2.75, 3.05) is 12.4 Å². The van der Waals surface area contributed by atoms with Gasteiger partial charge in [0.25, 0.3) is 0 Å². The van der Waals surface area contributed by atoms with Crippen LogP contribution in [-0.4, -0.2) is 28.2 Å². The van der Waals surface area contributed by atoms with E-state index in [1.54, 1.807) is 0 Å². The molecule has 1 saturated carbocycles. The predicted molar refractivity (Wildman–Crippen MR) is 102 cm³/mol. The fraction of sp³-hybridized carbons (Fsp3) is 0.421. The van der Waals surface area contributed by atoms with Crippen LogP contribution in [0.4, 0.5) is 0 Å². The van der Waals surface area contributed by atoms with Crippen molar-refractivity contribution in [2.45, 2.75) is 37.8 Å². The number of H-pyrrole nitrogens is 1. The summed E-state index contributed by atoms with van der Waals surface area (Å²) in [5.74, 6) is 1.73. The fourth-order valence-electron chi connectivity index (χ4n) is 2.45. The summed E-state index contributed by atoms with van der Waals surface area (Å²) < 4.78 is 5.73. The second kappa shape index (κ2) is 8.40. The smallest absolute Gasteiger partial charge is 0.345 e. The average molecular weight is 373 g/mol. The second-order valence-corrected chi connectivity index (χ2v) is 7.59. The number of aromatic amines is 1. The van der Waals surface area contributed by atoms with E-state index in [1.165, 1.54) is 30.8 Å². The van der Waals surface area contributed by atoms with Gasteiger partial charge in [-0.3, -0.25) is 4.79 Å². The number of hydrogen-bond donors (Lipinski definition) is 2. The van der Waals surface area contributed by atoms with Crippen LogP contribution in [0.15, 0.2) is 40.3 Å². The first kappa shape index (κ1) is 18.5. The van der Waals surface area contributed by atoms with Gasteiger partial charge in [0.2, 0.25) is 5.91 Å². The molecule has 0 bridgehead atoms. The lowest BCUT2D eigenvalue weighted by molar-refractivity contribution is -0.119. The van der Waals surface area contributed by atoms with Gasteiger partial charge in [0.1, 0.15) is 5.75 Å². The summed E-state index contributed by atoms with van der Waals surface area (Å²) in [5.41, 5.74) is 1.46. The standard InChI is InChI=1S/C19H23N3O3S/c1-12-9-20-19(24)22-18(12)26-11-17(23)21-13(2)15-5-7-16(8-6-15)25-10-14-3-4-14/h5-9,13-14H,3-4,10-11H2,1-2H3,(H,21,23)(H,20,22,24). The van der Waals surface area contributed by atoms with Gasteiger partial charge >= 0.3 is 5.69 Å². The fourth-order valence-corrected chi connectivity index (χ4v) is 3.25. The lowest BCUT2D eigenvalue weighted by Crippen LogP contribution is -2.28. The summed E-state index contributed by atoms with van der Waals surface area (Å²) in [6.07, 6.45) is 4.05. The van der Waals surface area contributed by atoms with E-state index in [2.05, 4.69) is 15.3 Å². The van der Waals surface area contributed by atoms with Crippen molar-refractivity contribution in [3.05, 3.63) is 52.1 Å². The lowest BCUT2D eigenvalue weighted by Gasteiger charge is -2.15. The monoisotopic (exact) mass is 373 g/mol. The molecule has 0 aliphatic heterocycles. The maximum Gasteiger partial charge on any atom is 0.345 e. The normalized spacial score (nSPS) is 14.7. The Morgan fingerprint density at radius 1 is 1.38 bits per heavy atom. The molecule has 1 amide bonds. The molecule has 1 heterocycles. The Morgan fingerprint density at radius 2 is 2.12 bits per heavy atom. The molecular formula is C19H23N3O3S. The van der Waals surface area contributed by atoms with Gasteiger partial charge in [-0.25, -0.2) is 9.78 Å². The van der Waals surface area contributed by atoms with Crippen LogP contribution in [0.3, 0.4) is 0 Å². The molecule has 0 spiro atoms. The zero-order chi connectivity index (χ0) is 18.5. The van der Waals surface area contributed by atoms with Crippen LogP contribution < -0.4 is 15.7 Å². The van der Waals surface area contributed by atoms with Gasteiger partial charge in [-0.2, -0.15) is 0 Å². The van der Waals surface area contributed by atoms with Gasteiger partial charge in [0.05, 0.1) is 23.4 Å². The Bertz CT molecular complexity index is 816. The number of nitrogens with zero attached hydrogens (tertiary/aromatic N) is 1. The van der Waals surface area contributed by atoms with Crippen LogP contribution in [0, 0.1) is 12.8 Å². The molecule has 1 fully saturated rings. The summed E-state index contributed by atoms with van der Waals surface area (Å²) in [5, 5.41) is 3.64. The van der Waals surface area contributed by atoms with Gasteiger partial charge in [-0.1, -0.05) is 23.9 Å². The van der Waals surface area contributed by atoms with Crippen LogP contribution >= 0.6 is 11.8 Å². The van der Waals surface area contributed by atoms with E-state index in [0.29, 0.717) is 5.03 Å². The number of nitrogens with one attached hydrogen (secondary N) is 2. The Balaban J connectivity index is 1.48. The number of hydrogen-bond acceptors (Lipinski definition) is 5.